The topological polar surface area (TPSA) is 21.3 Å². The molecule has 1 aliphatic carbocycles. The molecule has 2 heteroatoms. The third-order valence-corrected chi connectivity index (χ3v) is 2.29. The molecule has 2 rings (SSSR count). The van der Waals surface area contributed by atoms with E-state index in [1.165, 1.54) is 18.4 Å². The highest BCUT2D eigenvalue weighted by atomic mass is 16.5. The number of anilines is 1. The number of hydrogen-bond acceptors (Lipinski definition) is 2. The second-order valence-corrected chi connectivity index (χ2v) is 3.52. The zero-order valence-corrected chi connectivity index (χ0v) is 8.13. The largest absolute Gasteiger partial charge is 0.488 e. The van der Waals surface area contributed by atoms with Gasteiger partial charge >= 0.3 is 0 Å². The molecule has 0 atom stereocenters. The van der Waals surface area contributed by atoms with Crippen molar-refractivity contribution < 1.29 is 4.74 Å². The third kappa shape index (κ3) is 1.77. The van der Waals surface area contributed by atoms with Gasteiger partial charge in [0.1, 0.15) is 5.75 Å². The quantitative estimate of drug-likeness (QED) is 0.766. The van der Waals surface area contributed by atoms with Crippen molar-refractivity contribution in [2.45, 2.75) is 25.9 Å². The molecule has 0 aliphatic heterocycles. The number of hydrogen-bond donors (Lipinski definition) is 1. The molecule has 1 fully saturated rings. The molecule has 70 valence electrons. The van der Waals surface area contributed by atoms with Gasteiger partial charge in [0.05, 0.1) is 11.8 Å². The Hall–Kier alpha value is -1.18. The first-order valence-electron chi connectivity index (χ1n) is 4.75. The monoisotopic (exact) mass is 177 g/mol. The molecule has 1 aliphatic rings. The van der Waals surface area contributed by atoms with Gasteiger partial charge in [-0.25, -0.2) is 0 Å². The molecule has 0 radical (unpaired) electrons. The predicted octanol–water partition coefficient (Wildman–Crippen LogP) is 2.58. The average molecular weight is 177 g/mol. The van der Waals surface area contributed by atoms with E-state index in [1.807, 2.05) is 19.2 Å². The minimum atomic E-state index is 0.466. The first-order chi connectivity index (χ1) is 6.31. The van der Waals surface area contributed by atoms with E-state index in [4.69, 9.17) is 4.74 Å². The predicted molar refractivity (Wildman–Crippen MR) is 54.4 cm³/mol. The van der Waals surface area contributed by atoms with Gasteiger partial charge in [0.25, 0.3) is 0 Å². The van der Waals surface area contributed by atoms with Gasteiger partial charge in [0, 0.05) is 7.05 Å². The van der Waals surface area contributed by atoms with E-state index in [-0.39, 0.29) is 0 Å². The molecule has 0 aromatic heterocycles. The zero-order chi connectivity index (χ0) is 9.26. The lowest BCUT2D eigenvalue weighted by Gasteiger charge is -2.12. The van der Waals surface area contributed by atoms with Crippen LogP contribution < -0.4 is 10.1 Å². The highest BCUT2D eigenvalue weighted by Crippen LogP contribution is 2.34. The van der Waals surface area contributed by atoms with E-state index < -0.39 is 0 Å². The Morgan fingerprint density at radius 2 is 2.15 bits per heavy atom. The fourth-order valence-corrected chi connectivity index (χ4v) is 1.36. The summed E-state index contributed by atoms with van der Waals surface area (Å²) in [5, 5.41) is 3.14. The third-order valence-electron chi connectivity index (χ3n) is 2.29. The first kappa shape index (κ1) is 8.42. The molecule has 0 spiro atoms. The maximum atomic E-state index is 5.82. The van der Waals surface area contributed by atoms with Crippen molar-refractivity contribution in [1.82, 2.24) is 0 Å². The van der Waals surface area contributed by atoms with E-state index >= 15 is 0 Å². The Kier molecular flexibility index (Phi) is 2.13. The lowest BCUT2D eigenvalue weighted by Crippen LogP contribution is -2.01. The zero-order valence-electron chi connectivity index (χ0n) is 8.13. The summed E-state index contributed by atoms with van der Waals surface area (Å²) in [5.41, 5.74) is 2.30. The molecule has 0 amide bonds. The van der Waals surface area contributed by atoms with Gasteiger partial charge in [-0.3, -0.25) is 0 Å². The number of para-hydroxylation sites is 1. The highest BCUT2D eigenvalue weighted by Gasteiger charge is 2.25. The van der Waals surface area contributed by atoms with E-state index in [2.05, 4.69) is 18.3 Å². The summed E-state index contributed by atoms with van der Waals surface area (Å²) < 4.78 is 5.82. The fourth-order valence-electron chi connectivity index (χ4n) is 1.36. The van der Waals surface area contributed by atoms with Crippen LogP contribution in [-0.4, -0.2) is 13.2 Å². The van der Waals surface area contributed by atoms with Crippen LogP contribution in [0.5, 0.6) is 5.75 Å². The number of rotatable bonds is 3. The van der Waals surface area contributed by atoms with Crippen LogP contribution in [-0.2, 0) is 0 Å². The molecule has 0 heterocycles. The fraction of sp³-hybridized carbons (Fsp3) is 0.455. The maximum Gasteiger partial charge on any atom is 0.145 e. The van der Waals surface area contributed by atoms with Crippen LogP contribution in [0.15, 0.2) is 18.2 Å². The average Bonchev–Trinajstić information content (AvgIpc) is 2.92. The van der Waals surface area contributed by atoms with Gasteiger partial charge in [-0.1, -0.05) is 12.1 Å². The number of benzene rings is 1. The van der Waals surface area contributed by atoms with E-state index in [1.54, 1.807) is 0 Å². The summed E-state index contributed by atoms with van der Waals surface area (Å²) in [6, 6.07) is 6.17. The van der Waals surface area contributed by atoms with Crippen molar-refractivity contribution in [3.63, 3.8) is 0 Å². The Bertz CT molecular complexity index is 305. The number of ether oxygens (including phenoxy) is 1. The Balaban J connectivity index is 2.27. The minimum Gasteiger partial charge on any atom is -0.488 e. The van der Waals surface area contributed by atoms with E-state index in [0.29, 0.717) is 6.10 Å². The Labute approximate surface area is 78.9 Å². The van der Waals surface area contributed by atoms with E-state index in [9.17, 15) is 0 Å². The molecule has 1 aromatic carbocycles. The summed E-state index contributed by atoms with van der Waals surface area (Å²) in [5.74, 6) is 1.02. The summed E-state index contributed by atoms with van der Waals surface area (Å²) in [7, 11) is 1.93. The van der Waals surface area contributed by atoms with Gasteiger partial charge in [-0.05, 0) is 31.4 Å². The van der Waals surface area contributed by atoms with Gasteiger partial charge in [-0.15, -0.1) is 0 Å². The highest BCUT2D eigenvalue weighted by molar-refractivity contribution is 5.59. The smallest absolute Gasteiger partial charge is 0.145 e. The normalized spacial score (nSPS) is 15.5. The van der Waals surface area contributed by atoms with Crippen molar-refractivity contribution >= 4 is 5.69 Å². The van der Waals surface area contributed by atoms with Crippen LogP contribution in [0.1, 0.15) is 18.4 Å². The van der Waals surface area contributed by atoms with Gasteiger partial charge in [-0.2, -0.15) is 0 Å². The molecular formula is C11H15NO. The molecule has 0 bridgehead atoms. The maximum absolute atomic E-state index is 5.82. The molecule has 0 saturated heterocycles. The molecule has 1 saturated carbocycles. The molecule has 2 nitrogen and oxygen atoms in total. The SMILES string of the molecule is CNc1cccc(C)c1OC1CC1. The molecule has 13 heavy (non-hydrogen) atoms. The van der Waals surface area contributed by atoms with Crippen LogP contribution in [0.25, 0.3) is 0 Å². The molecule has 1 N–H and O–H groups in total. The van der Waals surface area contributed by atoms with Gasteiger partial charge < -0.3 is 10.1 Å². The van der Waals surface area contributed by atoms with Crippen molar-refractivity contribution in [2.24, 2.45) is 0 Å². The second-order valence-electron chi connectivity index (χ2n) is 3.52. The van der Waals surface area contributed by atoms with E-state index in [0.717, 1.165) is 11.4 Å². The van der Waals surface area contributed by atoms with Crippen molar-refractivity contribution in [2.75, 3.05) is 12.4 Å². The van der Waals surface area contributed by atoms with Gasteiger partial charge in [0.15, 0.2) is 0 Å². The summed E-state index contributed by atoms with van der Waals surface area (Å²) in [4.78, 5) is 0. The van der Waals surface area contributed by atoms with Gasteiger partial charge in [0.2, 0.25) is 0 Å². The van der Waals surface area contributed by atoms with Crippen LogP contribution >= 0.6 is 0 Å². The van der Waals surface area contributed by atoms with Crippen molar-refractivity contribution in [1.29, 1.82) is 0 Å². The summed E-state index contributed by atoms with van der Waals surface area (Å²) >= 11 is 0. The minimum absolute atomic E-state index is 0.466. The van der Waals surface area contributed by atoms with Crippen molar-refractivity contribution in [3.05, 3.63) is 23.8 Å². The van der Waals surface area contributed by atoms with Crippen LogP contribution in [0, 0.1) is 6.92 Å². The molecular weight excluding hydrogens is 162 g/mol. The van der Waals surface area contributed by atoms with Crippen molar-refractivity contribution in [3.8, 4) is 5.75 Å². The van der Waals surface area contributed by atoms with Crippen LogP contribution in [0.2, 0.25) is 0 Å². The Morgan fingerprint density at radius 3 is 2.77 bits per heavy atom. The lowest BCUT2D eigenvalue weighted by atomic mass is 10.2. The standard InChI is InChI=1S/C11H15NO/c1-8-4-3-5-10(12-2)11(8)13-9-6-7-9/h3-5,9,12H,6-7H2,1-2H3. The Morgan fingerprint density at radius 1 is 1.38 bits per heavy atom. The lowest BCUT2D eigenvalue weighted by molar-refractivity contribution is 0.302. The van der Waals surface area contributed by atoms with Crippen LogP contribution in [0.4, 0.5) is 5.69 Å². The summed E-state index contributed by atoms with van der Waals surface area (Å²) in [6.07, 6.45) is 2.88. The number of nitrogens with one attached hydrogen (secondary N) is 1. The number of aryl methyl sites for hydroxylation is 1. The summed E-state index contributed by atoms with van der Waals surface area (Å²) in [6.45, 7) is 2.08. The second kappa shape index (κ2) is 3.29. The van der Waals surface area contributed by atoms with Crippen LogP contribution in [0.3, 0.4) is 0 Å². The molecule has 1 aromatic rings. The molecule has 0 unspecified atom stereocenters. The first-order valence-corrected chi connectivity index (χ1v) is 4.75.